The Bertz CT molecular complexity index is 966. The third kappa shape index (κ3) is 4.06. The summed E-state index contributed by atoms with van der Waals surface area (Å²) in [5.74, 6) is 0.559. The molecule has 132 valence electrons. The van der Waals surface area contributed by atoms with E-state index in [1.54, 1.807) is 19.4 Å². The second-order valence-electron chi connectivity index (χ2n) is 6.09. The maximum absolute atomic E-state index is 12.3. The Labute approximate surface area is 152 Å². The molecule has 1 amide bonds. The molecular formula is C21H21N3O2. The molecule has 1 atom stereocenters. The Morgan fingerprint density at radius 1 is 1.19 bits per heavy atom. The molecule has 0 aliphatic heterocycles. The van der Waals surface area contributed by atoms with E-state index < -0.39 is 0 Å². The van der Waals surface area contributed by atoms with Crippen LogP contribution in [0.2, 0.25) is 0 Å². The van der Waals surface area contributed by atoms with Crippen LogP contribution in [-0.2, 0) is 4.79 Å². The fraction of sp³-hybridized carbons (Fsp3) is 0.190. The quantitative estimate of drug-likeness (QED) is 0.712. The molecule has 26 heavy (non-hydrogen) atoms. The summed E-state index contributed by atoms with van der Waals surface area (Å²) in [4.78, 5) is 21.1. The molecule has 0 spiro atoms. The number of rotatable bonds is 5. The van der Waals surface area contributed by atoms with Gasteiger partial charge in [-0.3, -0.25) is 9.78 Å². The smallest absolute Gasteiger partial charge is 0.244 e. The van der Waals surface area contributed by atoms with Crippen molar-refractivity contribution in [3.8, 4) is 5.75 Å². The van der Waals surface area contributed by atoms with E-state index in [2.05, 4.69) is 15.3 Å². The maximum Gasteiger partial charge on any atom is 0.244 e. The highest BCUT2D eigenvalue weighted by Crippen LogP contribution is 2.26. The number of amides is 1. The average molecular weight is 347 g/mol. The summed E-state index contributed by atoms with van der Waals surface area (Å²) >= 11 is 0. The van der Waals surface area contributed by atoms with E-state index in [1.807, 2.05) is 56.3 Å². The minimum Gasteiger partial charge on any atom is -0.496 e. The summed E-state index contributed by atoms with van der Waals surface area (Å²) in [6, 6.07) is 13.4. The summed E-state index contributed by atoms with van der Waals surface area (Å²) in [6.07, 6.45) is 4.78. The van der Waals surface area contributed by atoms with Gasteiger partial charge in [0.25, 0.3) is 0 Å². The van der Waals surface area contributed by atoms with E-state index in [0.717, 1.165) is 27.9 Å². The van der Waals surface area contributed by atoms with Gasteiger partial charge in [-0.1, -0.05) is 29.8 Å². The second-order valence-corrected chi connectivity index (χ2v) is 6.09. The Kier molecular flexibility index (Phi) is 5.27. The van der Waals surface area contributed by atoms with Gasteiger partial charge in [0.2, 0.25) is 5.91 Å². The summed E-state index contributed by atoms with van der Waals surface area (Å²) in [5, 5.41) is 2.95. The number of ether oxygens (including phenoxy) is 1. The first-order valence-electron chi connectivity index (χ1n) is 8.41. The van der Waals surface area contributed by atoms with Crippen molar-refractivity contribution in [1.82, 2.24) is 15.3 Å². The summed E-state index contributed by atoms with van der Waals surface area (Å²) in [5.41, 5.74) is 4.32. The van der Waals surface area contributed by atoms with Crippen molar-refractivity contribution in [2.45, 2.75) is 19.9 Å². The highest BCUT2D eigenvalue weighted by atomic mass is 16.5. The first kappa shape index (κ1) is 17.6. The molecule has 5 nitrogen and oxygen atoms in total. The predicted molar refractivity (Wildman–Crippen MR) is 103 cm³/mol. The van der Waals surface area contributed by atoms with Crippen LogP contribution in [-0.4, -0.2) is 23.0 Å². The van der Waals surface area contributed by atoms with Crippen LogP contribution in [0.4, 0.5) is 0 Å². The Balaban J connectivity index is 1.71. The number of carbonyl (C=O) groups excluding carboxylic acids is 1. The summed E-state index contributed by atoms with van der Waals surface area (Å²) in [7, 11) is 1.63. The molecule has 0 aliphatic carbocycles. The zero-order valence-corrected chi connectivity index (χ0v) is 15.1. The lowest BCUT2D eigenvalue weighted by Gasteiger charge is -2.17. The third-order valence-corrected chi connectivity index (χ3v) is 4.08. The third-order valence-electron chi connectivity index (χ3n) is 4.08. The zero-order valence-electron chi connectivity index (χ0n) is 15.1. The first-order valence-corrected chi connectivity index (χ1v) is 8.41. The topological polar surface area (TPSA) is 64.1 Å². The number of carbonyl (C=O) groups is 1. The average Bonchev–Trinajstić information content (AvgIpc) is 2.66. The highest BCUT2D eigenvalue weighted by Gasteiger charge is 2.13. The molecule has 1 heterocycles. The molecular weight excluding hydrogens is 326 g/mol. The number of nitrogens with zero attached hydrogens (tertiary/aromatic N) is 2. The molecule has 2 aromatic carbocycles. The van der Waals surface area contributed by atoms with Crippen molar-refractivity contribution < 1.29 is 9.53 Å². The van der Waals surface area contributed by atoms with Gasteiger partial charge in [0, 0.05) is 11.6 Å². The van der Waals surface area contributed by atoms with Crippen LogP contribution >= 0.6 is 0 Å². The van der Waals surface area contributed by atoms with E-state index in [0.29, 0.717) is 5.69 Å². The van der Waals surface area contributed by atoms with Crippen molar-refractivity contribution in [3.63, 3.8) is 0 Å². The number of para-hydroxylation sites is 2. The Morgan fingerprint density at radius 2 is 1.96 bits per heavy atom. The molecule has 1 unspecified atom stereocenters. The van der Waals surface area contributed by atoms with Crippen LogP contribution < -0.4 is 10.1 Å². The molecule has 1 aromatic heterocycles. The number of aromatic nitrogens is 2. The molecule has 0 fully saturated rings. The minimum atomic E-state index is -0.198. The predicted octanol–water partition coefficient (Wildman–Crippen LogP) is 3.84. The van der Waals surface area contributed by atoms with Crippen LogP contribution in [0.15, 0.2) is 54.7 Å². The number of benzene rings is 2. The van der Waals surface area contributed by atoms with Crippen LogP contribution in [0.3, 0.4) is 0 Å². The molecule has 0 saturated heterocycles. The van der Waals surface area contributed by atoms with Gasteiger partial charge in [0.05, 0.1) is 36.1 Å². The highest BCUT2D eigenvalue weighted by molar-refractivity contribution is 5.92. The van der Waals surface area contributed by atoms with Crippen LogP contribution in [0, 0.1) is 6.92 Å². The second kappa shape index (κ2) is 7.78. The van der Waals surface area contributed by atoms with Gasteiger partial charge in [-0.15, -0.1) is 0 Å². The van der Waals surface area contributed by atoms with Crippen molar-refractivity contribution >= 4 is 23.0 Å². The van der Waals surface area contributed by atoms with Crippen LogP contribution in [0.5, 0.6) is 5.75 Å². The van der Waals surface area contributed by atoms with E-state index in [4.69, 9.17) is 4.74 Å². The zero-order chi connectivity index (χ0) is 18.5. The normalized spacial score (nSPS) is 12.3. The molecule has 0 aliphatic rings. The molecule has 3 rings (SSSR count). The van der Waals surface area contributed by atoms with Gasteiger partial charge in [0.1, 0.15) is 5.75 Å². The molecule has 3 aromatic rings. The van der Waals surface area contributed by atoms with Gasteiger partial charge in [0.15, 0.2) is 0 Å². The molecule has 1 N–H and O–H groups in total. The molecule has 5 heteroatoms. The number of methoxy groups -OCH3 is 1. The number of hydrogen-bond donors (Lipinski definition) is 1. The van der Waals surface area contributed by atoms with Crippen molar-refractivity contribution in [2.24, 2.45) is 0 Å². The lowest BCUT2D eigenvalue weighted by molar-refractivity contribution is -0.117. The van der Waals surface area contributed by atoms with E-state index in [9.17, 15) is 4.79 Å². The van der Waals surface area contributed by atoms with Gasteiger partial charge < -0.3 is 10.1 Å². The van der Waals surface area contributed by atoms with Crippen LogP contribution in [0.1, 0.15) is 29.8 Å². The Hall–Kier alpha value is -3.21. The van der Waals surface area contributed by atoms with Crippen molar-refractivity contribution in [2.75, 3.05) is 7.11 Å². The largest absolute Gasteiger partial charge is 0.496 e. The van der Waals surface area contributed by atoms with Crippen LogP contribution in [0.25, 0.3) is 17.1 Å². The van der Waals surface area contributed by atoms with Crippen molar-refractivity contribution in [1.29, 1.82) is 0 Å². The van der Waals surface area contributed by atoms with E-state index >= 15 is 0 Å². The van der Waals surface area contributed by atoms with E-state index in [1.165, 1.54) is 6.08 Å². The summed E-state index contributed by atoms with van der Waals surface area (Å²) < 4.78 is 5.39. The van der Waals surface area contributed by atoms with Gasteiger partial charge >= 0.3 is 0 Å². The number of hydrogen-bond acceptors (Lipinski definition) is 4. The lowest BCUT2D eigenvalue weighted by Crippen LogP contribution is -2.25. The number of aryl methyl sites for hydroxylation is 1. The van der Waals surface area contributed by atoms with Gasteiger partial charge in [-0.25, -0.2) is 4.98 Å². The monoisotopic (exact) mass is 347 g/mol. The maximum atomic E-state index is 12.3. The first-order chi connectivity index (χ1) is 12.6. The standard InChI is InChI=1S/C21H21N3O2/c1-14-8-10-20(26-3)17(12-14)15(2)23-21(25)11-9-16-13-22-18-6-4-5-7-19(18)24-16/h4-13,15H,1-3H3,(H,23,25)/b11-9+. The SMILES string of the molecule is COc1ccc(C)cc1C(C)NC(=O)/C=C/c1cnc2ccccc2n1. The fourth-order valence-electron chi connectivity index (χ4n) is 2.74. The lowest BCUT2D eigenvalue weighted by atomic mass is 10.0. The van der Waals surface area contributed by atoms with E-state index in [-0.39, 0.29) is 11.9 Å². The molecule has 0 saturated carbocycles. The summed E-state index contributed by atoms with van der Waals surface area (Å²) in [6.45, 7) is 3.94. The van der Waals surface area contributed by atoms with Gasteiger partial charge in [-0.2, -0.15) is 0 Å². The Morgan fingerprint density at radius 3 is 2.73 bits per heavy atom. The van der Waals surface area contributed by atoms with Gasteiger partial charge in [-0.05, 0) is 38.1 Å². The fourth-order valence-corrected chi connectivity index (χ4v) is 2.74. The number of nitrogens with one attached hydrogen (secondary N) is 1. The number of fused-ring (bicyclic) bond motifs is 1. The molecule has 0 radical (unpaired) electrons. The molecule has 0 bridgehead atoms. The minimum absolute atomic E-state index is 0.176. The van der Waals surface area contributed by atoms with Crippen molar-refractivity contribution in [3.05, 3.63) is 71.6 Å².